The fraction of sp³-hybridized carbons (Fsp3) is 0. The first-order valence-electron chi connectivity index (χ1n) is 0.129. The van der Waals surface area contributed by atoms with Crippen LogP contribution >= 0.6 is 0 Å². The van der Waals surface area contributed by atoms with Crippen molar-refractivity contribution in [2.75, 3.05) is 0 Å². The van der Waals surface area contributed by atoms with E-state index >= 15 is 0 Å². The normalized spacial score (nSPS) is 1.00. The van der Waals surface area contributed by atoms with Crippen LogP contribution in [0.2, 0.25) is 0 Å². The van der Waals surface area contributed by atoms with Crippen molar-refractivity contribution in [3.63, 3.8) is 0 Å². The number of rotatable bonds is 0. The van der Waals surface area contributed by atoms with E-state index in [1.807, 2.05) is 0 Å². The van der Waals surface area contributed by atoms with Crippen molar-refractivity contribution in [3.05, 3.63) is 0 Å². The maximum absolute atomic E-state index is 7.88. The Morgan fingerprint density at radius 2 is 0.833 bits per heavy atom. The Morgan fingerprint density at radius 1 is 0.833 bits per heavy atom. The van der Waals surface area contributed by atoms with Crippen LogP contribution in [-0.4, -0.2) is 0 Å². The maximum atomic E-state index is 7.88. The van der Waals surface area contributed by atoms with E-state index in [2.05, 4.69) is 15.4 Å². The van der Waals surface area contributed by atoms with Crippen LogP contribution in [0.25, 0.3) is 0 Å². The topological polar surface area (TPSA) is 74.1 Å². The molecule has 42 valence electrons. The molecule has 0 atom stereocenters. The summed E-state index contributed by atoms with van der Waals surface area (Å²) in [7, 11) is 0. The van der Waals surface area contributed by atoms with E-state index < -0.39 is 0 Å². The zero-order chi connectivity index (χ0) is 2.00. The summed E-state index contributed by atoms with van der Waals surface area (Å²) in [5, 5.41) is 0. The first kappa shape index (κ1) is 55.9. The molecule has 0 aromatic rings. The van der Waals surface area contributed by atoms with Crippen LogP contribution in [0.3, 0.4) is 0 Å². The quantitative estimate of drug-likeness (QED) is 0.510. The summed E-state index contributed by atoms with van der Waals surface area (Å²) in [6, 6.07) is 0. The average molecular weight is 217 g/mol. The number of hydrogen-bond donors (Lipinski definition) is 0. The van der Waals surface area contributed by atoms with Gasteiger partial charge in [0.25, 0.3) is 0 Å². The molecule has 0 aliphatic carbocycles. The standard InChI is InChI=1S/2Mn.Ni.3O/q2*+2;;;2*-2. The van der Waals surface area contributed by atoms with Crippen LogP contribution in [0, 0.1) is 0 Å². The molecule has 0 aromatic heterocycles. The van der Waals surface area contributed by atoms with Crippen LogP contribution < -0.4 is 0 Å². The summed E-state index contributed by atoms with van der Waals surface area (Å²) in [5.74, 6) is 0. The van der Waals surface area contributed by atoms with E-state index in [4.69, 9.17) is 3.90 Å². The van der Waals surface area contributed by atoms with E-state index in [9.17, 15) is 0 Å². The molecule has 0 bridgehead atoms. The van der Waals surface area contributed by atoms with Gasteiger partial charge in [-0.2, -0.15) is 0 Å². The molecule has 0 aromatic carbocycles. The van der Waals surface area contributed by atoms with Crippen molar-refractivity contribution < 1.29 is 64.4 Å². The Kier molecular flexibility index (Phi) is 1020. The molecule has 6 heteroatoms. The predicted octanol–water partition coefficient (Wildman–Crippen LogP) is -0.364. The zero-order valence-corrected chi connectivity index (χ0v) is 5.65. The molecule has 6 heavy (non-hydrogen) atoms. The molecular formula is Mn2NiO3. The van der Waals surface area contributed by atoms with Gasteiger partial charge in [-0.25, -0.2) is 0 Å². The van der Waals surface area contributed by atoms with Gasteiger partial charge in [-0.05, 0) is 0 Å². The van der Waals surface area contributed by atoms with Crippen molar-refractivity contribution in [2.45, 2.75) is 0 Å². The van der Waals surface area contributed by atoms with E-state index in [0.717, 1.165) is 0 Å². The molecular weight excluding hydrogens is 217 g/mol. The molecule has 0 N–H and O–H groups in total. The fourth-order valence-electron chi connectivity index (χ4n) is 0. The van der Waals surface area contributed by atoms with Gasteiger partial charge in [0.05, 0.1) is 0 Å². The van der Waals surface area contributed by atoms with Crippen LogP contribution in [0.4, 0.5) is 0 Å². The third-order valence-electron chi connectivity index (χ3n) is 0. The SMILES string of the molecule is [Mn+2].[Mn+2].[O-2].[O-2].[O]=[Ni]. The molecule has 0 saturated carbocycles. The van der Waals surface area contributed by atoms with Crippen molar-refractivity contribution in [3.8, 4) is 0 Å². The third-order valence-corrected chi connectivity index (χ3v) is 0. The molecule has 0 unspecified atom stereocenters. The molecule has 0 aliphatic heterocycles. The molecule has 2 radical (unpaired) electrons. The minimum absolute atomic E-state index is 0. The molecule has 3 nitrogen and oxygen atoms in total. The van der Waals surface area contributed by atoms with Gasteiger partial charge >= 0.3 is 53.4 Å². The Morgan fingerprint density at radius 3 is 0.833 bits per heavy atom. The van der Waals surface area contributed by atoms with Gasteiger partial charge in [-0.1, -0.05) is 0 Å². The van der Waals surface area contributed by atoms with Crippen LogP contribution in [0.15, 0.2) is 0 Å². The van der Waals surface area contributed by atoms with Gasteiger partial charge in [-0.3, -0.25) is 0 Å². The zero-order valence-electron chi connectivity index (χ0n) is 2.30. The van der Waals surface area contributed by atoms with Crippen LogP contribution in [-0.2, 0) is 64.4 Å². The minimum atomic E-state index is 0. The van der Waals surface area contributed by atoms with Crippen molar-refractivity contribution in [1.82, 2.24) is 0 Å². The second-order valence-corrected chi connectivity index (χ2v) is 0. The molecule has 0 spiro atoms. The second kappa shape index (κ2) is 110. The summed E-state index contributed by atoms with van der Waals surface area (Å²) in [4.78, 5) is 0. The van der Waals surface area contributed by atoms with Gasteiger partial charge in [0.1, 0.15) is 0 Å². The molecule has 0 rings (SSSR count). The Labute approximate surface area is 64.4 Å². The number of hydrogen-bond acceptors (Lipinski definition) is 1. The Bertz CT molecular complexity index is 8.75. The molecule has 0 heterocycles. The van der Waals surface area contributed by atoms with Crippen LogP contribution in [0.5, 0.6) is 0 Å². The first-order chi connectivity index (χ1) is 1.00. The second-order valence-electron chi connectivity index (χ2n) is 0. The first-order valence-corrected chi connectivity index (χ1v) is 0.532. The van der Waals surface area contributed by atoms with Crippen molar-refractivity contribution >= 4 is 0 Å². The van der Waals surface area contributed by atoms with Gasteiger partial charge in [0, 0.05) is 0 Å². The third kappa shape index (κ3) is 60.5. The molecule has 0 amide bonds. The van der Waals surface area contributed by atoms with E-state index in [1.165, 1.54) is 0 Å². The summed E-state index contributed by atoms with van der Waals surface area (Å²) in [6.07, 6.45) is 0. The Hall–Kier alpha value is 1.25. The fourth-order valence-corrected chi connectivity index (χ4v) is 0. The van der Waals surface area contributed by atoms with Crippen molar-refractivity contribution in [2.24, 2.45) is 0 Å². The van der Waals surface area contributed by atoms with Gasteiger partial charge in [0.15, 0.2) is 0 Å². The molecule has 0 aliphatic rings. The van der Waals surface area contributed by atoms with Gasteiger partial charge in [0.2, 0.25) is 0 Å². The summed E-state index contributed by atoms with van der Waals surface area (Å²) >= 11 is 2.62. The van der Waals surface area contributed by atoms with Crippen LogP contribution in [0.1, 0.15) is 0 Å². The predicted molar refractivity (Wildman–Crippen MR) is 2.06 cm³/mol. The molecule has 0 fully saturated rings. The van der Waals surface area contributed by atoms with E-state index in [0.29, 0.717) is 0 Å². The van der Waals surface area contributed by atoms with E-state index in [-0.39, 0.29) is 45.1 Å². The van der Waals surface area contributed by atoms with Crippen molar-refractivity contribution in [1.29, 1.82) is 0 Å². The summed E-state index contributed by atoms with van der Waals surface area (Å²) < 4.78 is 7.88. The Balaban J connectivity index is -0.000000000833. The van der Waals surface area contributed by atoms with E-state index in [1.54, 1.807) is 0 Å². The molecule has 0 saturated heterocycles. The summed E-state index contributed by atoms with van der Waals surface area (Å²) in [5.41, 5.74) is 0. The summed E-state index contributed by atoms with van der Waals surface area (Å²) in [6.45, 7) is 0. The average Bonchev–Trinajstić information content (AvgIpc) is 1.00. The monoisotopic (exact) mass is 216 g/mol. The van der Waals surface area contributed by atoms with Gasteiger partial charge < -0.3 is 11.0 Å². The van der Waals surface area contributed by atoms with Gasteiger partial charge in [-0.15, -0.1) is 0 Å².